The molecule has 1 aromatic heterocycles. The average Bonchev–Trinajstić information content (AvgIpc) is 3.43. The number of benzene rings is 3. The summed E-state index contributed by atoms with van der Waals surface area (Å²) in [5.74, 6) is -1.42. The molecule has 7 nitrogen and oxygen atoms in total. The number of nitrogens with zero attached hydrogens (tertiary/aromatic N) is 1. The predicted molar refractivity (Wildman–Crippen MR) is 163 cm³/mol. The highest BCUT2D eigenvalue weighted by molar-refractivity contribution is 9.11. The number of carbonyl (C=O) groups excluding carboxylic acids is 3. The number of esters is 1. The van der Waals surface area contributed by atoms with E-state index in [0.29, 0.717) is 25.6 Å². The van der Waals surface area contributed by atoms with Gasteiger partial charge in [0.25, 0.3) is 11.8 Å². The molecule has 0 saturated heterocycles. The first-order chi connectivity index (χ1) is 18.8. The number of hydrogen-bond acceptors (Lipinski definition) is 6. The van der Waals surface area contributed by atoms with E-state index in [1.165, 1.54) is 17.6 Å². The van der Waals surface area contributed by atoms with Gasteiger partial charge in [-0.25, -0.2) is 10.2 Å². The maximum atomic E-state index is 13.0. The highest BCUT2D eigenvalue weighted by Crippen LogP contribution is 2.33. The van der Waals surface area contributed by atoms with Crippen molar-refractivity contribution in [1.29, 1.82) is 0 Å². The van der Waals surface area contributed by atoms with Gasteiger partial charge in [-0.15, -0.1) is 11.3 Å². The molecule has 0 radical (unpaired) electrons. The maximum Gasteiger partial charge on any atom is 0.343 e. The molecule has 2 amide bonds. The Morgan fingerprint density at radius 3 is 2.33 bits per heavy atom. The first kappa shape index (κ1) is 28.6. The SMILES string of the molecule is O=C(NN=Cc1cc(Br)cc(Br)c1OC(=O)c1cccc(Br)c1)C(=Cc1cccs1)NC(=O)c1ccccc1. The van der Waals surface area contributed by atoms with Gasteiger partial charge < -0.3 is 10.1 Å². The predicted octanol–water partition coefficient (Wildman–Crippen LogP) is 7.18. The van der Waals surface area contributed by atoms with Crippen molar-refractivity contribution in [2.24, 2.45) is 5.10 Å². The summed E-state index contributed by atoms with van der Waals surface area (Å²) in [5, 5.41) is 8.57. The third kappa shape index (κ3) is 8.06. The summed E-state index contributed by atoms with van der Waals surface area (Å²) in [7, 11) is 0. The molecule has 11 heteroatoms. The molecule has 0 bridgehead atoms. The molecule has 4 rings (SSSR count). The highest BCUT2D eigenvalue weighted by Gasteiger charge is 2.17. The van der Waals surface area contributed by atoms with Gasteiger partial charge >= 0.3 is 5.97 Å². The molecule has 2 N–H and O–H groups in total. The Morgan fingerprint density at radius 2 is 1.62 bits per heavy atom. The summed E-state index contributed by atoms with van der Waals surface area (Å²) in [6, 6.07) is 22.4. The van der Waals surface area contributed by atoms with Crippen molar-refractivity contribution >= 4 is 89.2 Å². The van der Waals surface area contributed by atoms with E-state index < -0.39 is 17.8 Å². The molecule has 0 fully saturated rings. The van der Waals surface area contributed by atoms with Crippen molar-refractivity contribution in [3.8, 4) is 5.75 Å². The number of halogens is 3. The van der Waals surface area contributed by atoms with E-state index in [9.17, 15) is 14.4 Å². The van der Waals surface area contributed by atoms with Crippen LogP contribution in [0.3, 0.4) is 0 Å². The molecule has 0 aliphatic rings. The van der Waals surface area contributed by atoms with Crippen molar-refractivity contribution < 1.29 is 19.1 Å². The van der Waals surface area contributed by atoms with Crippen LogP contribution in [-0.2, 0) is 4.79 Å². The lowest BCUT2D eigenvalue weighted by Gasteiger charge is -2.11. The summed E-state index contributed by atoms with van der Waals surface area (Å²) in [6.07, 6.45) is 2.91. The molecule has 39 heavy (non-hydrogen) atoms. The Bertz CT molecular complexity index is 1570. The van der Waals surface area contributed by atoms with Crippen LogP contribution < -0.4 is 15.5 Å². The van der Waals surface area contributed by atoms with Gasteiger partial charge in [0.2, 0.25) is 0 Å². The number of amides is 2. The van der Waals surface area contributed by atoms with Crippen LogP contribution in [0.1, 0.15) is 31.2 Å². The number of rotatable bonds is 8. The van der Waals surface area contributed by atoms with Crippen LogP contribution in [0.5, 0.6) is 5.75 Å². The topological polar surface area (TPSA) is 96.9 Å². The second kappa shape index (κ2) is 13.6. The molecule has 4 aromatic rings. The minimum Gasteiger partial charge on any atom is -0.421 e. The molecule has 1 heterocycles. The van der Waals surface area contributed by atoms with E-state index in [4.69, 9.17) is 4.74 Å². The van der Waals surface area contributed by atoms with Crippen molar-refractivity contribution in [3.05, 3.63) is 125 Å². The maximum absolute atomic E-state index is 13.0. The molecule has 0 atom stereocenters. The summed E-state index contributed by atoms with van der Waals surface area (Å²) in [4.78, 5) is 39.3. The lowest BCUT2D eigenvalue weighted by Crippen LogP contribution is -2.32. The average molecular weight is 732 g/mol. The van der Waals surface area contributed by atoms with Gasteiger partial charge in [0.05, 0.1) is 16.3 Å². The Labute approximate surface area is 253 Å². The van der Waals surface area contributed by atoms with Crippen LogP contribution in [0, 0.1) is 0 Å². The smallest absolute Gasteiger partial charge is 0.343 e. The largest absolute Gasteiger partial charge is 0.421 e. The third-order valence-corrected chi connectivity index (χ3v) is 7.38. The van der Waals surface area contributed by atoms with Gasteiger partial charge in [0.1, 0.15) is 5.70 Å². The summed E-state index contributed by atoms with van der Waals surface area (Å²) in [6.45, 7) is 0. The van der Waals surface area contributed by atoms with E-state index in [2.05, 4.69) is 63.6 Å². The number of carbonyl (C=O) groups is 3. The molecule has 0 unspecified atom stereocenters. The van der Waals surface area contributed by atoms with Gasteiger partial charge in [0.15, 0.2) is 5.75 Å². The summed E-state index contributed by atoms with van der Waals surface area (Å²) >= 11 is 11.6. The number of ether oxygens (including phenoxy) is 1. The van der Waals surface area contributed by atoms with E-state index >= 15 is 0 Å². The fourth-order valence-electron chi connectivity index (χ4n) is 3.23. The second-order valence-electron chi connectivity index (χ2n) is 7.80. The number of nitrogens with one attached hydrogen (secondary N) is 2. The molecule has 196 valence electrons. The van der Waals surface area contributed by atoms with Crippen molar-refractivity contribution in [3.63, 3.8) is 0 Å². The van der Waals surface area contributed by atoms with E-state index in [1.54, 1.807) is 72.8 Å². The highest BCUT2D eigenvalue weighted by atomic mass is 79.9. The van der Waals surface area contributed by atoms with Gasteiger partial charge in [-0.1, -0.05) is 62.2 Å². The van der Waals surface area contributed by atoms with Crippen LogP contribution in [0.2, 0.25) is 0 Å². The molecule has 3 aromatic carbocycles. The Hall–Kier alpha value is -3.38. The number of hydrazone groups is 1. The Morgan fingerprint density at radius 1 is 0.846 bits per heavy atom. The lowest BCUT2D eigenvalue weighted by molar-refractivity contribution is -0.117. The van der Waals surface area contributed by atoms with Gasteiger partial charge in [-0.05, 0) is 75.9 Å². The zero-order chi connectivity index (χ0) is 27.8. The summed E-state index contributed by atoms with van der Waals surface area (Å²) in [5.41, 5.74) is 3.62. The normalized spacial score (nSPS) is 11.3. The molecular formula is C28H18Br3N3O4S. The number of hydrogen-bond donors (Lipinski definition) is 2. The van der Waals surface area contributed by atoms with Crippen LogP contribution in [0.4, 0.5) is 0 Å². The summed E-state index contributed by atoms with van der Waals surface area (Å²) < 4.78 is 7.58. The Balaban J connectivity index is 1.54. The van der Waals surface area contributed by atoms with Crippen molar-refractivity contribution in [2.75, 3.05) is 0 Å². The quantitative estimate of drug-likeness (QED) is 0.0660. The number of thiophene rings is 1. The van der Waals surface area contributed by atoms with Crippen molar-refractivity contribution in [1.82, 2.24) is 10.7 Å². The molecule has 0 spiro atoms. The van der Waals surface area contributed by atoms with E-state index in [-0.39, 0.29) is 11.4 Å². The first-order valence-electron chi connectivity index (χ1n) is 11.2. The zero-order valence-corrected chi connectivity index (χ0v) is 25.4. The van der Waals surface area contributed by atoms with E-state index in [1.807, 2.05) is 17.5 Å². The van der Waals surface area contributed by atoms with E-state index in [0.717, 1.165) is 9.35 Å². The monoisotopic (exact) mass is 729 g/mol. The van der Waals surface area contributed by atoms with Gasteiger partial charge in [-0.2, -0.15) is 5.10 Å². The third-order valence-electron chi connectivity index (χ3n) is 5.02. The fraction of sp³-hybridized carbons (Fsp3) is 0. The molecule has 0 aliphatic heterocycles. The lowest BCUT2D eigenvalue weighted by atomic mass is 10.2. The fourth-order valence-corrected chi connectivity index (χ4v) is 5.63. The van der Waals surface area contributed by atoms with Crippen molar-refractivity contribution in [2.45, 2.75) is 0 Å². The Kier molecular flexibility index (Phi) is 9.99. The first-order valence-corrected chi connectivity index (χ1v) is 14.5. The van der Waals surface area contributed by atoms with Crippen LogP contribution in [-0.4, -0.2) is 24.0 Å². The van der Waals surface area contributed by atoms with Gasteiger partial charge in [-0.3, -0.25) is 9.59 Å². The minimum atomic E-state index is -0.634. The van der Waals surface area contributed by atoms with Crippen LogP contribution in [0.15, 0.2) is 108 Å². The molecular weight excluding hydrogens is 714 g/mol. The van der Waals surface area contributed by atoms with Crippen LogP contribution in [0.25, 0.3) is 6.08 Å². The van der Waals surface area contributed by atoms with Gasteiger partial charge in [0, 0.05) is 24.9 Å². The molecule has 0 aliphatic carbocycles. The standard InChI is InChI=1S/C28H18Br3N3O4S/c29-20-9-4-8-18(12-20)28(37)38-25-19(13-21(30)14-23(25)31)16-32-34-27(36)24(15-22-10-5-11-39-22)33-26(35)17-6-2-1-3-7-17/h1-16H,(H,33,35)(H,34,36). The molecule has 0 saturated carbocycles. The zero-order valence-electron chi connectivity index (χ0n) is 19.9. The minimum absolute atomic E-state index is 0.0141. The van der Waals surface area contributed by atoms with Crippen LogP contribution >= 0.6 is 59.1 Å². The second-order valence-corrected chi connectivity index (χ2v) is 11.5.